The number of pyridine rings is 1. The molecular weight excluding hydrogens is 421 g/mol. The van der Waals surface area contributed by atoms with Crippen molar-refractivity contribution in [1.82, 2.24) is 19.7 Å². The Morgan fingerprint density at radius 3 is 2.93 bits per heavy atom. The number of benzene rings is 1. The van der Waals surface area contributed by atoms with Gasteiger partial charge in [-0.3, -0.25) is 4.57 Å². The Hall–Kier alpha value is -2.49. The molecule has 0 saturated carbocycles. The second-order valence-electron chi connectivity index (χ2n) is 7.13. The number of nitrogens with two attached hydrogens (primary N) is 1. The van der Waals surface area contributed by atoms with E-state index in [4.69, 9.17) is 10.5 Å². The third-order valence-electron chi connectivity index (χ3n) is 5.15. The number of nitrogens with zero attached hydrogens (tertiary/aromatic N) is 4. The highest BCUT2D eigenvalue weighted by Gasteiger charge is 2.24. The Balaban J connectivity index is 1.51. The van der Waals surface area contributed by atoms with E-state index in [0.717, 1.165) is 39.7 Å². The summed E-state index contributed by atoms with van der Waals surface area (Å²) in [5.41, 5.74) is 7.75. The largest absolute Gasteiger partial charge is 0.397 e. The van der Waals surface area contributed by atoms with Gasteiger partial charge in [0.25, 0.3) is 0 Å². The number of ether oxygens (including phenoxy) is 1. The average molecular weight is 442 g/mol. The Bertz CT molecular complexity index is 1190. The highest BCUT2D eigenvalue weighted by molar-refractivity contribution is 7.98. The molecule has 1 aliphatic heterocycles. The number of nitrogen functional groups attached to an aromatic ring is 1. The summed E-state index contributed by atoms with van der Waals surface area (Å²) in [6.45, 7) is 1.41. The molecule has 154 valence electrons. The number of halogens is 1. The molecule has 4 heterocycles. The SMILES string of the molecule is Nc1c(-c2nnc(SCc3ccccc3F)n2C[C@H]2CCCO2)sc2ncccc12. The van der Waals surface area contributed by atoms with Gasteiger partial charge in [-0.15, -0.1) is 21.5 Å². The molecule has 3 aromatic heterocycles. The van der Waals surface area contributed by atoms with Crippen LogP contribution in [0, 0.1) is 5.82 Å². The van der Waals surface area contributed by atoms with Crippen molar-refractivity contribution in [3.8, 4) is 10.7 Å². The van der Waals surface area contributed by atoms with Crippen molar-refractivity contribution in [1.29, 1.82) is 0 Å². The molecule has 1 atom stereocenters. The normalized spacial score (nSPS) is 16.5. The molecule has 0 unspecified atom stereocenters. The van der Waals surface area contributed by atoms with Crippen LogP contribution in [0.2, 0.25) is 0 Å². The first-order valence-electron chi connectivity index (χ1n) is 9.75. The van der Waals surface area contributed by atoms with Gasteiger partial charge in [-0.1, -0.05) is 30.0 Å². The number of aromatic nitrogens is 4. The minimum Gasteiger partial charge on any atom is -0.397 e. The van der Waals surface area contributed by atoms with Gasteiger partial charge < -0.3 is 10.5 Å². The molecule has 1 aliphatic rings. The van der Waals surface area contributed by atoms with Gasteiger partial charge in [0.05, 0.1) is 23.2 Å². The smallest absolute Gasteiger partial charge is 0.191 e. The van der Waals surface area contributed by atoms with E-state index in [2.05, 4.69) is 19.7 Å². The zero-order valence-electron chi connectivity index (χ0n) is 16.1. The lowest BCUT2D eigenvalue weighted by molar-refractivity contribution is 0.0953. The monoisotopic (exact) mass is 441 g/mol. The lowest BCUT2D eigenvalue weighted by Gasteiger charge is -2.14. The number of fused-ring (bicyclic) bond motifs is 1. The van der Waals surface area contributed by atoms with E-state index in [1.807, 2.05) is 18.2 Å². The van der Waals surface area contributed by atoms with Crippen molar-refractivity contribution in [3.63, 3.8) is 0 Å². The first-order valence-corrected chi connectivity index (χ1v) is 11.6. The summed E-state index contributed by atoms with van der Waals surface area (Å²) in [6.07, 6.45) is 3.92. The van der Waals surface area contributed by atoms with Gasteiger partial charge >= 0.3 is 0 Å². The summed E-state index contributed by atoms with van der Waals surface area (Å²) in [7, 11) is 0. The molecule has 0 bridgehead atoms. The van der Waals surface area contributed by atoms with Crippen molar-refractivity contribution in [2.45, 2.75) is 36.4 Å². The molecule has 0 radical (unpaired) electrons. The molecular formula is C21H20FN5OS2. The predicted molar refractivity (Wildman–Crippen MR) is 118 cm³/mol. The summed E-state index contributed by atoms with van der Waals surface area (Å²) in [5.74, 6) is 0.969. The van der Waals surface area contributed by atoms with E-state index >= 15 is 0 Å². The van der Waals surface area contributed by atoms with Crippen LogP contribution in [0.3, 0.4) is 0 Å². The molecule has 1 saturated heterocycles. The van der Waals surface area contributed by atoms with E-state index < -0.39 is 0 Å². The maximum atomic E-state index is 14.1. The quantitative estimate of drug-likeness (QED) is 0.435. The van der Waals surface area contributed by atoms with Crippen LogP contribution in [-0.2, 0) is 17.0 Å². The van der Waals surface area contributed by atoms with E-state index in [9.17, 15) is 4.39 Å². The second-order valence-corrected chi connectivity index (χ2v) is 9.07. The van der Waals surface area contributed by atoms with Crippen molar-refractivity contribution < 1.29 is 9.13 Å². The fourth-order valence-corrected chi connectivity index (χ4v) is 5.59. The summed E-state index contributed by atoms with van der Waals surface area (Å²) in [5, 5.41) is 10.5. The van der Waals surface area contributed by atoms with Gasteiger partial charge in [-0.2, -0.15) is 0 Å². The highest BCUT2D eigenvalue weighted by atomic mass is 32.2. The molecule has 6 nitrogen and oxygen atoms in total. The maximum absolute atomic E-state index is 14.1. The van der Waals surface area contributed by atoms with Crippen LogP contribution in [0.25, 0.3) is 20.9 Å². The minimum absolute atomic E-state index is 0.112. The highest BCUT2D eigenvalue weighted by Crippen LogP contribution is 2.40. The van der Waals surface area contributed by atoms with Crippen LogP contribution < -0.4 is 5.73 Å². The van der Waals surface area contributed by atoms with E-state index in [0.29, 0.717) is 29.4 Å². The number of anilines is 1. The van der Waals surface area contributed by atoms with Gasteiger partial charge in [0.2, 0.25) is 0 Å². The molecule has 9 heteroatoms. The zero-order chi connectivity index (χ0) is 20.5. The molecule has 30 heavy (non-hydrogen) atoms. The molecule has 1 aromatic carbocycles. The van der Waals surface area contributed by atoms with Crippen LogP contribution in [-0.4, -0.2) is 32.5 Å². The van der Waals surface area contributed by atoms with Gasteiger partial charge in [-0.25, -0.2) is 9.37 Å². The first kappa shape index (κ1) is 19.5. The lowest BCUT2D eigenvalue weighted by atomic mass is 10.2. The fraction of sp³-hybridized carbons (Fsp3) is 0.286. The van der Waals surface area contributed by atoms with Crippen LogP contribution >= 0.6 is 23.1 Å². The van der Waals surface area contributed by atoms with Crippen molar-refractivity contribution in [3.05, 3.63) is 54.0 Å². The molecule has 0 spiro atoms. The molecule has 4 aromatic rings. The van der Waals surface area contributed by atoms with Gasteiger partial charge in [0.1, 0.15) is 10.6 Å². The number of rotatable bonds is 6. The second kappa shape index (κ2) is 8.33. The van der Waals surface area contributed by atoms with E-state index in [-0.39, 0.29) is 11.9 Å². The van der Waals surface area contributed by atoms with Crippen LogP contribution in [0.15, 0.2) is 47.8 Å². The van der Waals surface area contributed by atoms with Gasteiger partial charge in [-0.05, 0) is 36.6 Å². The maximum Gasteiger partial charge on any atom is 0.191 e. The molecule has 5 rings (SSSR count). The predicted octanol–water partition coefficient (Wildman–Crippen LogP) is 4.75. The third-order valence-corrected chi connectivity index (χ3v) is 7.29. The standard InChI is InChI=1S/C21H20FN5OS2/c22-16-8-2-1-5-13(16)12-29-21-26-25-19(27(21)11-14-6-4-10-28-14)18-17(23)15-7-3-9-24-20(15)30-18/h1-3,5,7-9,14H,4,6,10-12,23H2/t14-/m1/s1. The van der Waals surface area contributed by atoms with Crippen molar-refractivity contribution in [2.24, 2.45) is 0 Å². The summed E-state index contributed by atoms with van der Waals surface area (Å²) in [4.78, 5) is 6.15. The van der Waals surface area contributed by atoms with Crippen LogP contribution in [0.4, 0.5) is 10.1 Å². The van der Waals surface area contributed by atoms with Crippen molar-refractivity contribution in [2.75, 3.05) is 12.3 Å². The van der Waals surface area contributed by atoms with Crippen LogP contribution in [0.5, 0.6) is 0 Å². The fourth-order valence-electron chi connectivity index (χ4n) is 3.59. The minimum atomic E-state index is -0.213. The number of hydrogen-bond donors (Lipinski definition) is 1. The van der Waals surface area contributed by atoms with E-state index in [1.165, 1.54) is 29.2 Å². The lowest BCUT2D eigenvalue weighted by Crippen LogP contribution is -2.16. The van der Waals surface area contributed by atoms with E-state index in [1.54, 1.807) is 18.3 Å². The van der Waals surface area contributed by atoms with Crippen LogP contribution in [0.1, 0.15) is 18.4 Å². The average Bonchev–Trinajstić information content (AvgIpc) is 3.48. The van der Waals surface area contributed by atoms with Crippen molar-refractivity contribution >= 4 is 39.0 Å². The van der Waals surface area contributed by atoms with Gasteiger partial charge in [0, 0.05) is 23.9 Å². The Kier molecular flexibility index (Phi) is 5.41. The summed E-state index contributed by atoms with van der Waals surface area (Å²) >= 11 is 2.98. The third kappa shape index (κ3) is 3.68. The topological polar surface area (TPSA) is 78.8 Å². The number of thioether (sulfide) groups is 1. The number of thiophene rings is 1. The zero-order valence-corrected chi connectivity index (χ0v) is 17.8. The summed E-state index contributed by atoms with van der Waals surface area (Å²) in [6, 6.07) is 10.6. The number of hydrogen-bond acceptors (Lipinski definition) is 7. The summed E-state index contributed by atoms with van der Waals surface area (Å²) < 4.78 is 22.0. The Morgan fingerprint density at radius 2 is 2.13 bits per heavy atom. The molecule has 0 aliphatic carbocycles. The molecule has 0 amide bonds. The Labute approximate surface area is 181 Å². The molecule has 2 N–H and O–H groups in total. The molecule has 1 fully saturated rings. The first-order chi connectivity index (χ1) is 14.7. The van der Waals surface area contributed by atoms with Gasteiger partial charge in [0.15, 0.2) is 11.0 Å². The Morgan fingerprint density at radius 1 is 1.23 bits per heavy atom.